The van der Waals surface area contributed by atoms with Gasteiger partial charge in [-0.3, -0.25) is 4.79 Å². The van der Waals surface area contributed by atoms with Crippen molar-refractivity contribution in [3.8, 4) is 0 Å². The Morgan fingerprint density at radius 1 is 1.20 bits per heavy atom. The number of nitrogens with zero attached hydrogens (tertiary/aromatic N) is 4. The molecule has 0 atom stereocenters. The maximum Gasteiger partial charge on any atom is 0.255 e. The fraction of sp³-hybridized carbons (Fsp3) is 0.261. The Bertz CT molecular complexity index is 1080. The number of fused-ring (bicyclic) bond motifs is 1. The normalized spacial score (nSPS) is 13.1. The topological polar surface area (TPSA) is 71.0 Å². The predicted octanol–water partition coefficient (Wildman–Crippen LogP) is 4.16. The summed E-state index contributed by atoms with van der Waals surface area (Å²) in [6, 6.07) is 11.5. The minimum Gasteiger partial charge on any atom is -0.352 e. The van der Waals surface area contributed by atoms with E-state index < -0.39 is 0 Å². The highest BCUT2D eigenvalue weighted by Gasteiger charge is 2.20. The molecule has 1 aromatic carbocycles. The zero-order valence-corrected chi connectivity index (χ0v) is 17.8. The third-order valence-corrected chi connectivity index (χ3v) is 5.44. The Labute approximate surface area is 181 Å². The van der Waals surface area contributed by atoms with Crippen LogP contribution in [0.25, 0.3) is 0 Å². The highest BCUT2D eigenvalue weighted by Crippen LogP contribution is 2.23. The van der Waals surface area contributed by atoms with E-state index in [1.54, 1.807) is 12.3 Å². The van der Waals surface area contributed by atoms with Crippen LogP contribution >= 0.6 is 12.2 Å². The van der Waals surface area contributed by atoms with Crippen LogP contribution in [-0.4, -0.2) is 32.8 Å². The Morgan fingerprint density at radius 2 is 2.00 bits per heavy atom. The van der Waals surface area contributed by atoms with Gasteiger partial charge in [0.05, 0.1) is 5.69 Å². The molecular weight excluding hydrogens is 394 g/mol. The molecule has 152 valence electrons. The standard InChI is InChI=1S/C23H23N5OS/c1-15(2)16-3-5-19(6-4-16)26-23(29)17-7-9-24-22(11-17)28-10-8-20-18(13-28)12-25-21(14-30)27-20/h3-7,9,11-12,14-15H,8,10,13H2,1-2H3,(H,26,29). The number of carbonyl (C=O) groups excluding carboxylic acids is 1. The minimum absolute atomic E-state index is 0.151. The number of thiocarbonyl (C=S) groups is 1. The second-order valence-electron chi connectivity index (χ2n) is 7.62. The van der Waals surface area contributed by atoms with Crippen molar-refractivity contribution in [3.05, 3.63) is 77.0 Å². The number of hydrogen-bond acceptors (Lipinski definition) is 6. The third kappa shape index (κ3) is 4.36. The molecule has 0 bridgehead atoms. The SMILES string of the molecule is CC(C)c1ccc(NC(=O)c2ccnc(N3CCc4nc(C=S)ncc4C3)c2)cc1. The van der Waals surface area contributed by atoms with Crippen LogP contribution in [0.3, 0.4) is 0 Å². The van der Waals surface area contributed by atoms with Gasteiger partial charge in [-0.05, 0) is 35.7 Å². The van der Waals surface area contributed by atoms with Crippen LogP contribution in [0.15, 0.2) is 48.8 Å². The van der Waals surface area contributed by atoms with Crippen LogP contribution < -0.4 is 10.2 Å². The van der Waals surface area contributed by atoms with E-state index >= 15 is 0 Å². The second-order valence-corrected chi connectivity index (χ2v) is 7.86. The van der Waals surface area contributed by atoms with Crippen LogP contribution in [0, 0.1) is 0 Å². The largest absolute Gasteiger partial charge is 0.352 e. The molecule has 0 saturated carbocycles. The highest BCUT2D eigenvalue weighted by atomic mass is 32.1. The van der Waals surface area contributed by atoms with E-state index in [-0.39, 0.29) is 5.91 Å². The van der Waals surface area contributed by atoms with Crippen molar-refractivity contribution < 1.29 is 4.79 Å². The fourth-order valence-electron chi connectivity index (χ4n) is 3.47. The number of carbonyl (C=O) groups is 1. The molecular formula is C23H23N5OS. The molecule has 0 saturated heterocycles. The van der Waals surface area contributed by atoms with Gasteiger partial charge in [-0.25, -0.2) is 15.0 Å². The quantitative estimate of drug-likeness (QED) is 0.629. The average molecular weight is 418 g/mol. The van der Waals surface area contributed by atoms with Gasteiger partial charge in [-0.15, -0.1) is 0 Å². The van der Waals surface area contributed by atoms with Crippen molar-refractivity contribution in [2.45, 2.75) is 32.7 Å². The molecule has 0 fully saturated rings. The van der Waals surface area contributed by atoms with Gasteiger partial charge in [0.15, 0.2) is 5.82 Å². The number of anilines is 2. The first kappa shape index (κ1) is 20.1. The number of benzene rings is 1. The number of rotatable bonds is 5. The lowest BCUT2D eigenvalue weighted by Gasteiger charge is -2.29. The van der Waals surface area contributed by atoms with Crippen molar-refractivity contribution in [3.63, 3.8) is 0 Å². The van der Waals surface area contributed by atoms with E-state index in [4.69, 9.17) is 12.2 Å². The van der Waals surface area contributed by atoms with E-state index in [0.29, 0.717) is 23.9 Å². The van der Waals surface area contributed by atoms with Crippen molar-refractivity contribution in [2.75, 3.05) is 16.8 Å². The molecule has 3 heterocycles. The summed E-state index contributed by atoms with van der Waals surface area (Å²) in [5.74, 6) is 1.65. The third-order valence-electron chi connectivity index (χ3n) is 5.22. The number of amides is 1. The number of pyridine rings is 1. The van der Waals surface area contributed by atoms with Crippen LogP contribution in [0.1, 0.15) is 52.8 Å². The second kappa shape index (κ2) is 8.67. The highest BCUT2D eigenvalue weighted by molar-refractivity contribution is 7.79. The molecule has 1 amide bonds. The lowest BCUT2D eigenvalue weighted by atomic mass is 10.0. The Hall–Kier alpha value is -3.19. The molecule has 0 aliphatic carbocycles. The van der Waals surface area contributed by atoms with Gasteiger partial charge in [0.2, 0.25) is 0 Å². The van der Waals surface area contributed by atoms with Gasteiger partial charge in [0.25, 0.3) is 5.91 Å². The molecule has 30 heavy (non-hydrogen) atoms. The van der Waals surface area contributed by atoms with Gasteiger partial charge < -0.3 is 10.2 Å². The monoisotopic (exact) mass is 417 g/mol. The lowest BCUT2D eigenvalue weighted by molar-refractivity contribution is 0.102. The van der Waals surface area contributed by atoms with E-state index in [0.717, 1.165) is 35.7 Å². The van der Waals surface area contributed by atoms with Gasteiger partial charge >= 0.3 is 0 Å². The first-order chi connectivity index (χ1) is 14.5. The molecule has 0 unspecified atom stereocenters. The van der Waals surface area contributed by atoms with Gasteiger partial charge in [0.1, 0.15) is 5.82 Å². The van der Waals surface area contributed by atoms with Crippen LogP contribution in [0.4, 0.5) is 11.5 Å². The first-order valence-corrected chi connectivity index (χ1v) is 10.4. The van der Waals surface area contributed by atoms with Gasteiger partial charge in [-0.1, -0.05) is 38.2 Å². The fourth-order valence-corrected chi connectivity index (χ4v) is 3.58. The summed E-state index contributed by atoms with van der Waals surface area (Å²) in [5.41, 5.74) is 4.68. The predicted molar refractivity (Wildman–Crippen MR) is 122 cm³/mol. The maximum atomic E-state index is 12.7. The van der Waals surface area contributed by atoms with E-state index in [9.17, 15) is 4.79 Å². The molecule has 0 spiro atoms. The molecule has 7 heteroatoms. The van der Waals surface area contributed by atoms with Crippen LogP contribution in [-0.2, 0) is 13.0 Å². The summed E-state index contributed by atoms with van der Waals surface area (Å²) in [4.78, 5) is 28.1. The summed E-state index contributed by atoms with van der Waals surface area (Å²) in [5, 5.41) is 4.46. The smallest absolute Gasteiger partial charge is 0.255 e. The summed E-state index contributed by atoms with van der Waals surface area (Å²) in [6.45, 7) is 5.72. The minimum atomic E-state index is -0.151. The van der Waals surface area contributed by atoms with Crippen molar-refractivity contribution in [1.29, 1.82) is 0 Å². The Morgan fingerprint density at radius 3 is 2.73 bits per heavy atom. The van der Waals surface area contributed by atoms with Crippen molar-refractivity contribution in [1.82, 2.24) is 15.0 Å². The molecule has 1 aliphatic heterocycles. The number of hydrogen-bond donors (Lipinski definition) is 1. The van der Waals surface area contributed by atoms with Crippen molar-refractivity contribution in [2.24, 2.45) is 0 Å². The van der Waals surface area contributed by atoms with Crippen molar-refractivity contribution >= 4 is 35.0 Å². The summed E-state index contributed by atoms with van der Waals surface area (Å²) < 4.78 is 0. The molecule has 1 aliphatic rings. The molecule has 3 aromatic rings. The average Bonchev–Trinajstić information content (AvgIpc) is 2.78. The zero-order valence-electron chi connectivity index (χ0n) is 17.0. The van der Waals surface area contributed by atoms with E-state index in [1.165, 1.54) is 10.9 Å². The summed E-state index contributed by atoms with van der Waals surface area (Å²) >= 11 is 4.92. The molecule has 4 rings (SSSR count). The Kier molecular flexibility index (Phi) is 5.81. The lowest BCUT2D eigenvalue weighted by Crippen LogP contribution is -2.32. The van der Waals surface area contributed by atoms with E-state index in [2.05, 4.69) is 39.0 Å². The molecule has 2 aromatic heterocycles. The van der Waals surface area contributed by atoms with Gasteiger partial charge in [0, 0.05) is 54.1 Å². The summed E-state index contributed by atoms with van der Waals surface area (Å²) in [7, 11) is 0. The summed E-state index contributed by atoms with van der Waals surface area (Å²) in [6.07, 6.45) is 4.28. The number of nitrogens with one attached hydrogen (secondary N) is 1. The first-order valence-electron chi connectivity index (χ1n) is 9.96. The molecule has 6 nitrogen and oxygen atoms in total. The van der Waals surface area contributed by atoms with Gasteiger partial charge in [-0.2, -0.15) is 0 Å². The van der Waals surface area contributed by atoms with Crippen LogP contribution in [0.5, 0.6) is 0 Å². The maximum absolute atomic E-state index is 12.7. The van der Waals surface area contributed by atoms with Crippen LogP contribution in [0.2, 0.25) is 0 Å². The van der Waals surface area contributed by atoms with E-state index in [1.807, 2.05) is 36.5 Å². The molecule has 1 N–H and O–H groups in total. The zero-order chi connectivity index (χ0) is 21.1. The Balaban J connectivity index is 1.48. The molecule has 0 radical (unpaired) electrons. The number of aromatic nitrogens is 3.